The molecule has 29 heavy (non-hydrogen) atoms. The van der Waals surface area contributed by atoms with E-state index in [9.17, 15) is 9.18 Å². The van der Waals surface area contributed by atoms with Crippen LogP contribution in [0.15, 0.2) is 48.5 Å². The summed E-state index contributed by atoms with van der Waals surface area (Å²) >= 11 is 1.53. The van der Waals surface area contributed by atoms with E-state index in [2.05, 4.69) is 28.8 Å². The topological polar surface area (TPSA) is 57.3 Å². The van der Waals surface area contributed by atoms with Gasteiger partial charge in [0.2, 0.25) is 0 Å². The van der Waals surface area contributed by atoms with Crippen molar-refractivity contribution in [3.05, 3.63) is 54.1 Å². The van der Waals surface area contributed by atoms with Crippen molar-refractivity contribution in [3.63, 3.8) is 0 Å². The van der Waals surface area contributed by atoms with Gasteiger partial charge in [0.25, 0.3) is 0 Å². The maximum Gasteiger partial charge on any atom is 0.323 e. The van der Waals surface area contributed by atoms with Crippen LogP contribution in [0.1, 0.15) is 25.8 Å². The highest BCUT2D eigenvalue weighted by molar-refractivity contribution is 8.11. The fourth-order valence-electron chi connectivity index (χ4n) is 3.42. The van der Waals surface area contributed by atoms with Crippen LogP contribution < -0.4 is 10.6 Å². The third-order valence-corrected chi connectivity index (χ3v) is 5.70. The molecule has 5 nitrogen and oxygen atoms in total. The number of carbonyl (C=O) groups excluding carboxylic acids is 1. The van der Waals surface area contributed by atoms with Crippen LogP contribution in [-0.2, 0) is 0 Å². The van der Waals surface area contributed by atoms with Crippen molar-refractivity contribution in [1.29, 1.82) is 0 Å². The third kappa shape index (κ3) is 5.36. The molecule has 7 heteroatoms. The lowest BCUT2D eigenvalue weighted by Gasteiger charge is -2.34. The standard InChI is InChI=1S/C22H27FN4OS/c1-5-24-20-8-9-27(13-19(20)23)22(28)26-21-11-18-10-16(15(4)29-14(2)3)6-7-17(18)12-25-21/h6-7,10-12,19-20,24H,2,4-5,8-9,13H2,1,3H3,(H,25,26,28)/t19-,20-/m0/s1. The summed E-state index contributed by atoms with van der Waals surface area (Å²) in [5.41, 5.74) is 1.000. The Morgan fingerprint density at radius 1 is 1.34 bits per heavy atom. The van der Waals surface area contributed by atoms with Crippen LogP contribution >= 0.6 is 11.8 Å². The number of pyridine rings is 1. The van der Waals surface area contributed by atoms with Gasteiger partial charge in [-0.15, -0.1) is 0 Å². The van der Waals surface area contributed by atoms with E-state index in [0.717, 1.165) is 32.7 Å². The summed E-state index contributed by atoms with van der Waals surface area (Å²) in [6.07, 6.45) is 1.25. The molecule has 2 heterocycles. The van der Waals surface area contributed by atoms with Gasteiger partial charge in [-0.3, -0.25) is 5.32 Å². The third-order valence-electron chi connectivity index (χ3n) is 4.87. The molecule has 0 radical (unpaired) electrons. The van der Waals surface area contributed by atoms with E-state index in [0.29, 0.717) is 18.8 Å². The molecule has 2 amide bonds. The number of benzene rings is 1. The van der Waals surface area contributed by atoms with Crippen LogP contribution in [0.4, 0.5) is 15.0 Å². The van der Waals surface area contributed by atoms with E-state index in [1.165, 1.54) is 16.7 Å². The van der Waals surface area contributed by atoms with Crippen molar-refractivity contribution < 1.29 is 9.18 Å². The molecule has 2 aromatic rings. The molecular formula is C22H27FN4OS. The highest BCUT2D eigenvalue weighted by Gasteiger charge is 2.31. The van der Waals surface area contributed by atoms with Crippen LogP contribution in [0.25, 0.3) is 15.7 Å². The monoisotopic (exact) mass is 414 g/mol. The lowest BCUT2D eigenvalue weighted by Crippen LogP contribution is -2.53. The number of rotatable bonds is 6. The summed E-state index contributed by atoms with van der Waals surface area (Å²) in [5, 5.41) is 7.85. The molecule has 1 aromatic carbocycles. The van der Waals surface area contributed by atoms with E-state index in [1.54, 1.807) is 6.20 Å². The molecule has 0 unspecified atom stereocenters. The Morgan fingerprint density at radius 3 is 2.83 bits per heavy atom. The minimum absolute atomic E-state index is 0.0825. The number of halogens is 1. The van der Waals surface area contributed by atoms with Gasteiger partial charge in [0.1, 0.15) is 12.0 Å². The number of likely N-dealkylation sites (tertiary alicyclic amines) is 1. The van der Waals surface area contributed by atoms with Crippen molar-refractivity contribution in [2.75, 3.05) is 25.0 Å². The smallest absolute Gasteiger partial charge is 0.321 e. The zero-order valence-corrected chi connectivity index (χ0v) is 17.7. The summed E-state index contributed by atoms with van der Waals surface area (Å²) < 4.78 is 14.3. The maximum absolute atomic E-state index is 14.3. The molecule has 1 aromatic heterocycles. The van der Waals surface area contributed by atoms with Gasteiger partial charge in [0.05, 0.1) is 6.54 Å². The Balaban J connectivity index is 1.70. The minimum Gasteiger partial charge on any atom is -0.321 e. The lowest BCUT2D eigenvalue weighted by molar-refractivity contribution is 0.123. The number of fused-ring (bicyclic) bond motifs is 1. The fourth-order valence-corrected chi connectivity index (χ4v) is 4.09. The van der Waals surface area contributed by atoms with Gasteiger partial charge in [-0.25, -0.2) is 14.2 Å². The molecule has 0 bridgehead atoms. The summed E-state index contributed by atoms with van der Waals surface area (Å²) in [5.74, 6) is 0.446. The van der Waals surface area contributed by atoms with E-state index >= 15 is 0 Å². The number of amides is 2. The molecule has 0 spiro atoms. The summed E-state index contributed by atoms with van der Waals surface area (Å²) in [7, 11) is 0. The predicted octanol–water partition coefficient (Wildman–Crippen LogP) is 5.03. The molecule has 1 fully saturated rings. The van der Waals surface area contributed by atoms with Crippen LogP contribution in [0.5, 0.6) is 0 Å². The second kappa shape index (κ2) is 9.41. The summed E-state index contributed by atoms with van der Waals surface area (Å²) in [6.45, 7) is 13.2. The van der Waals surface area contributed by atoms with Crippen molar-refractivity contribution in [2.45, 2.75) is 32.5 Å². The number of aromatic nitrogens is 1. The van der Waals surface area contributed by atoms with Gasteiger partial charge >= 0.3 is 6.03 Å². The van der Waals surface area contributed by atoms with Crippen LogP contribution in [0.2, 0.25) is 0 Å². The number of anilines is 1. The Kier molecular flexibility index (Phi) is 6.92. The first-order chi connectivity index (χ1) is 13.9. The van der Waals surface area contributed by atoms with Crippen LogP contribution in [0.3, 0.4) is 0 Å². The molecule has 1 aliphatic heterocycles. The zero-order valence-electron chi connectivity index (χ0n) is 16.9. The largest absolute Gasteiger partial charge is 0.323 e. The molecular weight excluding hydrogens is 387 g/mol. The molecule has 2 atom stereocenters. The van der Waals surface area contributed by atoms with E-state index in [-0.39, 0.29) is 18.6 Å². The van der Waals surface area contributed by atoms with Gasteiger partial charge in [0.15, 0.2) is 0 Å². The fraction of sp³-hybridized carbons (Fsp3) is 0.364. The van der Waals surface area contributed by atoms with Crippen molar-refractivity contribution in [2.24, 2.45) is 0 Å². The van der Waals surface area contributed by atoms with Gasteiger partial charge in [0, 0.05) is 29.1 Å². The number of thioether (sulfide) groups is 1. The lowest BCUT2D eigenvalue weighted by atomic mass is 10.0. The van der Waals surface area contributed by atoms with Crippen molar-refractivity contribution in [3.8, 4) is 0 Å². The first-order valence-corrected chi connectivity index (χ1v) is 10.5. The Labute approximate surface area is 175 Å². The quantitative estimate of drug-likeness (QED) is 0.696. The maximum atomic E-state index is 14.3. The molecule has 154 valence electrons. The first kappa shape index (κ1) is 21.3. The minimum atomic E-state index is -1.07. The SMILES string of the molecule is C=C(C)SC(=C)c1ccc2cnc(NC(=O)N3CC[C@H](NCC)[C@@H](F)C3)cc2c1. The molecule has 2 N–H and O–H groups in total. The second-order valence-electron chi connectivity index (χ2n) is 7.20. The number of hydrogen-bond donors (Lipinski definition) is 2. The molecule has 1 saturated heterocycles. The van der Waals surface area contributed by atoms with Gasteiger partial charge in [-0.05, 0) is 47.9 Å². The van der Waals surface area contributed by atoms with Gasteiger partial charge < -0.3 is 10.2 Å². The molecule has 0 saturated carbocycles. The summed E-state index contributed by atoms with van der Waals surface area (Å²) in [4.78, 5) is 20.3. The normalized spacial score (nSPS) is 19.2. The number of urea groups is 1. The number of allylic oxidation sites excluding steroid dienone is 1. The second-order valence-corrected chi connectivity index (χ2v) is 8.60. The number of hydrogen-bond acceptors (Lipinski definition) is 4. The van der Waals surface area contributed by atoms with E-state index in [4.69, 9.17) is 0 Å². The van der Waals surface area contributed by atoms with Crippen LogP contribution in [-0.4, -0.2) is 47.8 Å². The average Bonchev–Trinajstić information content (AvgIpc) is 2.68. The number of piperidine rings is 1. The predicted molar refractivity (Wildman–Crippen MR) is 121 cm³/mol. The summed E-state index contributed by atoms with van der Waals surface area (Å²) in [6, 6.07) is 7.31. The molecule has 1 aliphatic rings. The van der Waals surface area contributed by atoms with Crippen molar-refractivity contribution in [1.82, 2.24) is 15.2 Å². The van der Waals surface area contributed by atoms with E-state index < -0.39 is 6.17 Å². The highest BCUT2D eigenvalue weighted by Crippen LogP contribution is 2.32. The zero-order chi connectivity index (χ0) is 21.0. The highest BCUT2D eigenvalue weighted by atomic mass is 32.2. The average molecular weight is 415 g/mol. The molecule has 3 rings (SSSR count). The Hall–Kier alpha value is -2.38. The van der Waals surface area contributed by atoms with Gasteiger partial charge in [-0.1, -0.05) is 44.0 Å². The number of alkyl halides is 1. The Bertz CT molecular complexity index is 932. The van der Waals surface area contributed by atoms with Gasteiger partial charge in [-0.2, -0.15) is 0 Å². The van der Waals surface area contributed by atoms with Crippen LogP contribution in [0, 0.1) is 0 Å². The molecule has 0 aliphatic carbocycles. The number of nitrogens with one attached hydrogen (secondary N) is 2. The number of carbonyl (C=O) groups is 1. The number of nitrogens with zero attached hydrogens (tertiary/aromatic N) is 2. The van der Waals surface area contributed by atoms with E-state index in [1.807, 2.05) is 38.1 Å². The van der Waals surface area contributed by atoms with Crippen molar-refractivity contribution >= 4 is 39.3 Å². The first-order valence-electron chi connectivity index (χ1n) is 9.73. The Morgan fingerprint density at radius 2 is 2.14 bits per heavy atom.